The van der Waals surface area contributed by atoms with Crippen LogP contribution in [-0.2, 0) is 0 Å². The lowest BCUT2D eigenvalue weighted by molar-refractivity contribution is 0.0766. The van der Waals surface area contributed by atoms with Crippen molar-refractivity contribution in [2.75, 3.05) is 20.2 Å². The van der Waals surface area contributed by atoms with Crippen LogP contribution in [0.1, 0.15) is 34.6 Å². The number of methoxy groups -OCH3 is 1. The van der Waals surface area contributed by atoms with Gasteiger partial charge >= 0.3 is 0 Å². The monoisotopic (exact) mass is 269 g/mol. The molecule has 0 atom stereocenters. The summed E-state index contributed by atoms with van der Waals surface area (Å²) >= 11 is 5.94. The number of amides is 1. The van der Waals surface area contributed by atoms with Crippen molar-refractivity contribution in [2.24, 2.45) is 0 Å². The summed E-state index contributed by atoms with van der Waals surface area (Å²) in [5, 5.41) is 0.251. The molecule has 0 aromatic heterocycles. The van der Waals surface area contributed by atoms with Crippen molar-refractivity contribution in [1.82, 2.24) is 4.90 Å². The van der Waals surface area contributed by atoms with E-state index in [-0.39, 0.29) is 22.1 Å². The van der Waals surface area contributed by atoms with E-state index in [4.69, 9.17) is 16.3 Å². The van der Waals surface area contributed by atoms with Crippen LogP contribution in [0.4, 0.5) is 0 Å². The molecule has 0 aliphatic heterocycles. The number of halogens is 1. The SMILES string of the molecule is CCN(CC)C(=O)c1c(OC)ccc(Cl)c1C=O. The van der Waals surface area contributed by atoms with E-state index in [1.807, 2.05) is 13.8 Å². The van der Waals surface area contributed by atoms with Gasteiger partial charge < -0.3 is 9.64 Å². The lowest BCUT2D eigenvalue weighted by Gasteiger charge is -2.21. The molecule has 0 saturated heterocycles. The first-order valence-electron chi connectivity index (χ1n) is 5.71. The molecule has 18 heavy (non-hydrogen) atoms. The van der Waals surface area contributed by atoms with Crippen LogP contribution in [0.25, 0.3) is 0 Å². The number of aldehydes is 1. The van der Waals surface area contributed by atoms with Crippen molar-refractivity contribution in [2.45, 2.75) is 13.8 Å². The van der Waals surface area contributed by atoms with Crippen molar-refractivity contribution >= 4 is 23.8 Å². The van der Waals surface area contributed by atoms with E-state index >= 15 is 0 Å². The van der Waals surface area contributed by atoms with Crippen molar-refractivity contribution in [3.8, 4) is 5.75 Å². The maximum Gasteiger partial charge on any atom is 0.258 e. The average molecular weight is 270 g/mol. The molecule has 4 nitrogen and oxygen atoms in total. The molecule has 1 aromatic carbocycles. The first-order valence-corrected chi connectivity index (χ1v) is 6.09. The van der Waals surface area contributed by atoms with Crippen molar-refractivity contribution in [1.29, 1.82) is 0 Å². The predicted molar refractivity (Wildman–Crippen MR) is 70.6 cm³/mol. The zero-order valence-electron chi connectivity index (χ0n) is 10.7. The fourth-order valence-corrected chi connectivity index (χ4v) is 1.95. The second-order valence-electron chi connectivity index (χ2n) is 3.63. The summed E-state index contributed by atoms with van der Waals surface area (Å²) in [5.41, 5.74) is 0.400. The second-order valence-corrected chi connectivity index (χ2v) is 4.04. The predicted octanol–water partition coefficient (Wildman–Crippen LogP) is 2.64. The van der Waals surface area contributed by atoms with Gasteiger partial charge in [-0.2, -0.15) is 0 Å². The molecule has 0 spiro atoms. The minimum absolute atomic E-state index is 0.174. The van der Waals surface area contributed by atoms with Crippen LogP contribution >= 0.6 is 11.6 Å². The Labute approximate surface area is 111 Å². The smallest absolute Gasteiger partial charge is 0.258 e. The van der Waals surface area contributed by atoms with Gasteiger partial charge in [0.2, 0.25) is 0 Å². The topological polar surface area (TPSA) is 46.6 Å². The highest BCUT2D eigenvalue weighted by Gasteiger charge is 2.23. The maximum atomic E-state index is 12.3. The van der Waals surface area contributed by atoms with Gasteiger partial charge in [-0.05, 0) is 26.0 Å². The summed E-state index contributed by atoms with van der Waals surface area (Å²) in [6.45, 7) is 4.87. The third kappa shape index (κ3) is 2.64. The summed E-state index contributed by atoms with van der Waals surface area (Å²) in [6, 6.07) is 3.13. The molecular weight excluding hydrogens is 254 g/mol. The van der Waals surface area contributed by atoms with E-state index in [1.165, 1.54) is 7.11 Å². The molecule has 0 saturated carbocycles. The Morgan fingerprint density at radius 3 is 2.44 bits per heavy atom. The van der Waals surface area contributed by atoms with Gasteiger partial charge in [-0.25, -0.2) is 0 Å². The number of hydrogen-bond acceptors (Lipinski definition) is 3. The van der Waals surface area contributed by atoms with E-state index in [0.717, 1.165) is 0 Å². The quantitative estimate of drug-likeness (QED) is 0.772. The van der Waals surface area contributed by atoms with Crippen molar-refractivity contribution < 1.29 is 14.3 Å². The lowest BCUT2D eigenvalue weighted by atomic mass is 10.1. The number of benzene rings is 1. The summed E-state index contributed by atoms with van der Waals surface area (Å²) in [6.07, 6.45) is 0.585. The molecule has 0 unspecified atom stereocenters. The normalized spacial score (nSPS) is 10.0. The van der Waals surface area contributed by atoms with Crippen LogP contribution in [0, 0.1) is 0 Å². The molecule has 5 heteroatoms. The summed E-state index contributed by atoms with van der Waals surface area (Å²) in [7, 11) is 1.46. The number of carbonyl (C=O) groups is 2. The average Bonchev–Trinajstić information content (AvgIpc) is 2.39. The maximum absolute atomic E-state index is 12.3. The van der Waals surface area contributed by atoms with E-state index in [9.17, 15) is 9.59 Å². The first kappa shape index (κ1) is 14.5. The minimum atomic E-state index is -0.249. The van der Waals surface area contributed by atoms with Gasteiger partial charge in [0.15, 0.2) is 6.29 Å². The Morgan fingerprint density at radius 2 is 2.00 bits per heavy atom. The zero-order valence-corrected chi connectivity index (χ0v) is 11.5. The van der Waals surface area contributed by atoms with Gasteiger partial charge in [-0.1, -0.05) is 11.6 Å². The van der Waals surface area contributed by atoms with Crippen LogP contribution in [0.5, 0.6) is 5.75 Å². The Hall–Kier alpha value is -1.55. The molecule has 1 rings (SSSR count). The van der Waals surface area contributed by atoms with Crippen LogP contribution in [-0.4, -0.2) is 37.3 Å². The Morgan fingerprint density at radius 1 is 1.39 bits per heavy atom. The van der Waals surface area contributed by atoms with Gasteiger partial charge in [-0.3, -0.25) is 9.59 Å². The van der Waals surface area contributed by atoms with Gasteiger partial charge in [0.1, 0.15) is 5.75 Å². The molecule has 1 amide bonds. The molecule has 1 aromatic rings. The fourth-order valence-electron chi connectivity index (χ4n) is 1.75. The molecule has 0 bridgehead atoms. The van der Waals surface area contributed by atoms with Gasteiger partial charge in [0, 0.05) is 18.7 Å². The summed E-state index contributed by atoms with van der Waals surface area (Å²) in [4.78, 5) is 25.1. The largest absolute Gasteiger partial charge is 0.496 e. The lowest BCUT2D eigenvalue weighted by Crippen LogP contribution is -2.31. The molecule has 0 aliphatic rings. The molecular formula is C13H16ClNO3. The molecule has 98 valence electrons. The van der Waals surface area contributed by atoms with Crippen LogP contribution in [0.15, 0.2) is 12.1 Å². The minimum Gasteiger partial charge on any atom is -0.496 e. The van der Waals surface area contributed by atoms with E-state index in [1.54, 1.807) is 17.0 Å². The Balaban J connectivity index is 3.40. The molecule has 0 N–H and O–H groups in total. The Kier molecular flexibility index (Phi) is 5.16. The number of hydrogen-bond donors (Lipinski definition) is 0. The Bertz CT molecular complexity index is 456. The third-order valence-electron chi connectivity index (χ3n) is 2.76. The molecule has 0 aliphatic carbocycles. The van der Waals surface area contributed by atoms with Crippen molar-refractivity contribution in [3.05, 3.63) is 28.3 Å². The third-order valence-corrected chi connectivity index (χ3v) is 3.09. The first-order chi connectivity index (χ1) is 8.60. The second kappa shape index (κ2) is 6.40. The number of rotatable bonds is 5. The van der Waals surface area contributed by atoms with E-state index in [2.05, 4.69) is 0 Å². The van der Waals surface area contributed by atoms with Gasteiger partial charge in [0.05, 0.1) is 17.7 Å². The van der Waals surface area contributed by atoms with E-state index < -0.39 is 0 Å². The highest BCUT2D eigenvalue weighted by Crippen LogP contribution is 2.28. The number of nitrogens with zero attached hydrogens (tertiary/aromatic N) is 1. The van der Waals surface area contributed by atoms with Crippen molar-refractivity contribution in [3.63, 3.8) is 0 Å². The standard InChI is InChI=1S/C13H16ClNO3/c1-4-15(5-2)13(17)12-9(8-16)10(14)6-7-11(12)18-3/h6-8H,4-5H2,1-3H3. The van der Waals surface area contributed by atoms with Gasteiger partial charge in [-0.15, -0.1) is 0 Å². The summed E-state index contributed by atoms with van der Waals surface area (Å²) < 4.78 is 5.14. The van der Waals surface area contributed by atoms with Gasteiger partial charge in [0.25, 0.3) is 5.91 Å². The zero-order chi connectivity index (χ0) is 13.7. The highest BCUT2D eigenvalue weighted by molar-refractivity contribution is 6.34. The van der Waals surface area contributed by atoms with Crippen LogP contribution in [0.2, 0.25) is 5.02 Å². The fraction of sp³-hybridized carbons (Fsp3) is 0.385. The van der Waals surface area contributed by atoms with Crippen LogP contribution < -0.4 is 4.74 Å². The van der Waals surface area contributed by atoms with Crippen LogP contribution in [0.3, 0.4) is 0 Å². The number of ether oxygens (including phenoxy) is 1. The molecule has 0 fully saturated rings. The summed E-state index contributed by atoms with van der Waals surface area (Å²) in [5.74, 6) is 0.111. The van der Waals surface area contributed by atoms with E-state index in [0.29, 0.717) is 25.1 Å². The molecule has 0 heterocycles. The highest BCUT2D eigenvalue weighted by atomic mass is 35.5. The number of carbonyl (C=O) groups excluding carboxylic acids is 2. The molecule has 0 radical (unpaired) electrons.